The van der Waals surface area contributed by atoms with Crippen molar-refractivity contribution in [2.75, 3.05) is 12.3 Å². The van der Waals surface area contributed by atoms with Gasteiger partial charge in [0.2, 0.25) is 11.8 Å². The second-order valence-electron chi connectivity index (χ2n) is 3.44. The van der Waals surface area contributed by atoms with Crippen LogP contribution in [0, 0.1) is 0 Å². The summed E-state index contributed by atoms with van der Waals surface area (Å²) in [6, 6.07) is 0. The van der Waals surface area contributed by atoms with Gasteiger partial charge in [0.25, 0.3) is 5.91 Å². The lowest BCUT2D eigenvalue weighted by atomic mass is 10.3. The second kappa shape index (κ2) is 5.10. The fourth-order valence-corrected chi connectivity index (χ4v) is 1.35. The zero-order valence-electron chi connectivity index (χ0n) is 9.10. The minimum Gasteiger partial charge on any atom is -0.366 e. The number of imidazole rings is 1. The molecule has 0 saturated carbocycles. The summed E-state index contributed by atoms with van der Waals surface area (Å²) >= 11 is 0. The lowest BCUT2D eigenvalue weighted by molar-refractivity contribution is 0.0943. The molecule has 5 N–H and O–H groups in total. The number of hydrogen-bond donors (Lipinski definition) is 4. The summed E-state index contributed by atoms with van der Waals surface area (Å²) < 4.78 is 0. The molecule has 2 rings (SSSR count). The summed E-state index contributed by atoms with van der Waals surface area (Å²) in [7, 11) is 0. The van der Waals surface area contributed by atoms with Crippen LogP contribution < -0.4 is 11.1 Å². The summed E-state index contributed by atoms with van der Waals surface area (Å²) in [5.74, 6) is 0.781. The number of amides is 1. The Labute approximate surface area is 97.0 Å². The first-order chi connectivity index (χ1) is 8.25. The van der Waals surface area contributed by atoms with Crippen molar-refractivity contribution in [3.8, 4) is 0 Å². The molecule has 0 aliphatic carbocycles. The van der Waals surface area contributed by atoms with E-state index in [9.17, 15) is 4.79 Å². The fourth-order valence-electron chi connectivity index (χ4n) is 1.35. The Bertz CT molecular complexity index is 475. The third-order valence-electron chi connectivity index (χ3n) is 2.15. The lowest BCUT2D eigenvalue weighted by Gasteiger charge is -2.01. The molecule has 2 heterocycles. The summed E-state index contributed by atoms with van der Waals surface area (Å²) in [5.41, 5.74) is 5.29. The van der Waals surface area contributed by atoms with E-state index in [0.29, 0.717) is 6.54 Å². The van der Waals surface area contributed by atoms with E-state index in [1.54, 1.807) is 12.4 Å². The van der Waals surface area contributed by atoms with Crippen molar-refractivity contribution >= 4 is 11.9 Å². The number of nitrogens with two attached hydrogens (primary N) is 1. The zero-order chi connectivity index (χ0) is 12.1. The van der Waals surface area contributed by atoms with E-state index in [0.717, 1.165) is 18.7 Å². The highest BCUT2D eigenvalue weighted by Crippen LogP contribution is 1.95. The van der Waals surface area contributed by atoms with Gasteiger partial charge in [0, 0.05) is 25.4 Å². The Morgan fingerprint density at radius 2 is 2.41 bits per heavy atom. The summed E-state index contributed by atoms with van der Waals surface area (Å²) in [5, 5.41) is 8.72. The smallest absolute Gasteiger partial charge is 0.288 e. The summed E-state index contributed by atoms with van der Waals surface area (Å²) in [6.07, 6.45) is 5.05. The van der Waals surface area contributed by atoms with Gasteiger partial charge >= 0.3 is 0 Å². The number of anilines is 1. The second-order valence-corrected chi connectivity index (χ2v) is 3.44. The monoisotopic (exact) mass is 235 g/mol. The van der Waals surface area contributed by atoms with Crippen LogP contribution in [0.2, 0.25) is 0 Å². The van der Waals surface area contributed by atoms with Crippen molar-refractivity contribution in [2.24, 2.45) is 0 Å². The van der Waals surface area contributed by atoms with Crippen LogP contribution in [-0.2, 0) is 6.42 Å². The molecule has 90 valence electrons. The average Bonchev–Trinajstić information content (AvgIpc) is 2.95. The Morgan fingerprint density at radius 3 is 3.06 bits per heavy atom. The standard InChI is InChI=1S/C9H13N7O/c10-9-14-7(15-16-9)8(17)13-3-1-2-6-11-4-5-12-6/h4-5H,1-3H2,(H,11,12)(H,13,17)(H3,10,14,15,16). The van der Waals surface area contributed by atoms with Gasteiger partial charge in [0.1, 0.15) is 5.82 Å². The first-order valence-corrected chi connectivity index (χ1v) is 5.20. The van der Waals surface area contributed by atoms with Gasteiger partial charge in [-0.2, -0.15) is 4.98 Å². The van der Waals surface area contributed by atoms with Gasteiger partial charge < -0.3 is 16.0 Å². The minimum atomic E-state index is -0.311. The van der Waals surface area contributed by atoms with Crippen molar-refractivity contribution < 1.29 is 4.79 Å². The van der Waals surface area contributed by atoms with E-state index in [-0.39, 0.29) is 17.7 Å². The molecule has 0 fully saturated rings. The summed E-state index contributed by atoms with van der Waals surface area (Å²) in [4.78, 5) is 22.3. The number of nitrogens with zero attached hydrogens (tertiary/aromatic N) is 3. The molecule has 0 spiro atoms. The Hall–Kier alpha value is -2.38. The van der Waals surface area contributed by atoms with Gasteiger partial charge in [-0.05, 0) is 6.42 Å². The maximum Gasteiger partial charge on any atom is 0.288 e. The molecule has 8 heteroatoms. The molecule has 0 radical (unpaired) electrons. The van der Waals surface area contributed by atoms with Crippen LogP contribution in [0.4, 0.5) is 5.95 Å². The SMILES string of the molecule is Nc1n[nH]c(C(=O)NCCCc2ncc[nH]2)n1. The number of nitrogens with one attached hydrogen (secondary N) is 3. The maximum atomic E-state index is 11.5. The molecule has 2 aromatic rings. The van der Waals surface area contributed by atoms with E-state index in [2.05, 4.69) is 30.5 Å². The molecule has 0 aromatic carbocycles. The van der Waals surface area contributed by atoms with E-state index in [4.69, 9.17) is 5.73 Å². The van der Waals surface area contributed by atoms with Crippen LogP contribution in [0.3, 0.4) is 0 Å². The van der Waals surface area contributed by atoms with Crippen LogP contribution >= 0.6 is 0 Å². The van der Waals surface area contributed by atoms with Crippen LogP contribution in [0.5, 0.6) is 0 Å². The molecule has 17 heavy (non-hydrogen) atoms. The van der Waals surface area contributed by atoms with Gasteiger partial charge in [-0.1, -0.05) is 0 Å². The lowest BCUT2D eigenvalue weighted by Crippen LogP contribution is -2.26. The van der Waals surface area contributed by atoms with Gasteiger partial charge in [0.15, 0.2) is 0 Å². The van der Waals surface area contributed by atoms with Gasteiger partial charge in [-0.15, -0.1) is 5.10 Å². The molecular formula is C9H13N7O. The predicted octanol–water partition coefficient (Wildman–Crippen LogP) is -0.527. The normalized spacial score (nSPS) is 10.4. The predicted molar refractivity (Wildman–Crippen MR) is 60.0 cm³/mol. The third-order valence-corrected chi connectivity index (χ3v) is 2.15. The fraction of sp³-hybridized carbons (Fsp3) is 0.333. The zero-order valence-corrected chi connectivity index (χ0v) is 9.10. The van der Waals surface area contributed by atoms with Crippen molar-refractivity contribution in [3.63, 3.8) is 0 Å². The van der Waals surface area contributed by atoms with Crippen molar-refractivity contribution in [3.05, 3.63) is 24.0 Å². The number of aryl methyl sites for hydroxylation is 1. The number of carbonyl (C=O) groups is 1. The minimum absolute atomic E-state index is 0.0609. The van der Waals surface area contributed by atoms with Crippen molar-refractivity contribution in [2.45, 2.75) is 12.8 Å². The summed E-state index contributed by atoms with van der Waals surface area (Å²) in [6.45, 7) is 0.542. The highest BCUT2D eigenvalue weighted by atomic mass is 16.2. The first kappa shape index (κ1) is 11.1. The first-order valence-electron chi connectivity index (χ1n) is 5.20. The molecule has 0 aliphatic rings. The van der Waals surface area contributed by atoms with Crippen LogP contribution in [0.15, 0.2) is 12.4 Å². The van der Waals surface area contributed by atoms with E-state index in [1.807, 2.05) is 0 Å². The quantitative estimate of drug-likeness (QED) is 0.518. The molecule has 0 bridgehead atoms. The number of hydrogen-bond acceptors (Lipinski definition) is 5. The van der Waals surface area contributed by atoms with E-state index in [1.165, 1.54) is 0 Å². The van der Waals surface area contributed by atoms with Gasteiger partial charge in [-0.3, -0.25) is 9.89 Å². The molecule has 0 aliphatic heterocycles. The molecule has 2 aromatic heterocycles. The largest absolute Gasteiger partial charge is 0.366 e. The van der Waals surface area contributed by atoms with E-state index >= 15 is 0 Å². The Balaban J connectivity index is 1.70. The number of nitrogen functional groups attached to an aromatic ring is 1. The number of rotatable bonds is 5. The van der Waals surface area contributed by atoms with Crippen LogP contribution in [-0.4, -0.2) is 37.6 Å². The maximum absolute atomic E-state index is 11.5. The van der Waals surface area contributed by atoms with Crippen molar-refractivity contribution in [1.82, 2.24) is 30.5 Å². The van der Waals surface area contributed by atoms with Crippen LogP contribution in [0.1, 0.15) is 22.9 Å². The van der Waals surface area contributed by atoms with E-state index < -0.39 is 0 Å². The van der Waals surface area contributed by atoms with Crippen molar-refractivity contribution in [1.29, 1.82) is 0 Å². The van der Waals surface area contributed by atoms with Crippen LogP contribution in [0.25, 0.3) is 0 Å². The molecule has 0 unspecified atom stereocenters. The average molecular weight is 235 g/mol. The number of H-pyrrole nitrogens is 2. The molecule has 0 atom stereocenters. The molecule has 0 saturated heterocycles. The Morgan fingerprint density at radius 1 is 1.53 bits per heavy atom. The van der Waals surface area contributed by atoms with Gasteiger partial charge in [0.05, 0.1) is 0 Å². The van der Waals surface area contributed by atoms with Gasteiger partial charge in [-0.25, -0.2) is 4.98 Å². The number of aromatic nitrogens is 5. The molecule has 1 amide bonds. The Kier molecular flexibility index (Phi) is 3.34. The third kappa shape index (κ3) is 3.03. The number of aromatic amines is 2. The highest BCUT2D eigenvalue weighted by Gasteiger charge is 2.09. The molecular weight excluding hydrogens is 222 g/mol. The number of carbonyl (C=O) groups excluding carboxylic acids is 1. The molecule has 8 nitrogen and oxygen atoms in total. The highest BCUT2D eigenvalue weighted by molar-refractivity contribution is 5.90. The topological polar surface area (TPSA) is 125 Å².